The summed E-state index contributed by atoms with van der Waals surface area (Å²) in [6.45, 7) is 0. The first kappa shape index (κ1) is 13.9. The molecule has 1 aromatic heterocycles. The summed E-state index contributed by atoms with van der Waals surface area (Å²) < 4.78 is 42.0. The Morgan fingerprint density at radius 2 is 1.85 bits per heavy atom. The largest absolute Gasteiger partial charge is 0.465 e. The Morgan fingerprint density at radius 3 is 2.40 bits per heavy atom. The average Bonchev–Trinajstić information content (AvgIpc) is 2.89. The molecule has 104 valence electrons. The van der Waals surface area contributed by atoms with E-state index in [1.54, 1.807) is 12.1 Å². The lowest BCUT2D eigenvalue weighted by Gasteiger charge is -2.07. The molecule has 20 heavy (non-hydrogen) atoms. The van der Waals surface area contributed by atoms with Crippen molar-refractivity contribution in [1.29, 1.82) is 0 Å². The van der Waals surface area contributed by atoms with Gasteiger partial charge >= 0.3 is 6.18 Å². The molecule has 0 saturated carbocycles. The van der Waals surface area contributed by atoms with E-state index in [0.717, 1.165) is 12.1 Å². The predicted octanol–water partition coefficient (Wildman–Crippen LogP) is 3.95. The number of nitrogens with one attached hydrogen (secondary N) is 1. The molecule has 3 nitrogen and oxygen atoms in total. The van der Waals surface area contributed by atoms with Crippen LogP contribution in [0.1, 0.15) is 11.3 Å². The fourth-order valence-electron chi connectivity index (χ4n) is 1.47. The normalized spacial score (nSPS) is 11.8. The van der Waals surface area contributed by atoms with Crippen molar-refractivity contribution in [3.63, 3.8) is 0 Å². The van der Waals surface area contributed by atoms with E-state index in [-0.39, 0.29) is 5.69 Å². The maximum atomic E-state index is 12.4. The summed E-state index contributed by atoms with van der Waals surface area (Å²) in [5, 5.41) is 2.45. The zero-order valence-corrected chi connectivity index (χ0v) is 10.1. The molecule has 1 N–H and O–H groups in total. The van der Waals surface area contributed by atoms with Crippen LogP contribution in [0.3, 0.4) is 0 Å². The van der Waals surface area contributed by atoms with E-state index in [2.05, 4.69) is 5.32 Å². The molecule has 0 fully saturated rings. The van der Waals surface area contributed by atoms with Gasteiger partial charge in [0.25, 0.3) is 0 Å². The third-order valence-electron chi connectivity index (χ3n) is 2.42. The quantitative estimate of drug-likeness (QED) is 0.865. The van der Waals surface area contributed by atoms with Crippen molar-refractivity contribution in [2.45, 2.75) is 6.18 Å². The molecule has 0 spiro atoms. The highest BCUT2D eigenvalue weighted by Crippen LogP contribution is 2.29. The van der Waals surface area contributed by atoms with Gasteiger partial charge in [-0.15, -0.1) is 0 Å². The van der Waals surface area contributed by atoms with Crippen molar-refractivity contribution in [2.24, 2.45) is 0 Å². The second-order valence-electron chi connectivity index (χ2n) is 3.91. The molecule has 0 aliphatic carbocycles. The van der Waals surface area contributed by atoms with Crippen molar-refractivity contribution < 1.29 is 22.4 Å². The molecule has 0 radical (unpaired) electrons. The summed E-state index contributed by atoms with van der Waals surface area (Å²) in [5.74, 6) is 0.0497. The van der Waals surface area contributed by atoms with Gasteiger partial charge in [0, 0.05) is 11.8 Å². The monoisotopic (exact) mass is 281 g/mol. The van der Waals surface area contributed by atoms with Gasteiger partial charge in [-0.1, -0.05) is 0 Å². The number of halogens is 3. The van der Waals surface area contributed by atoms with E-state index in [0.29, 0.717) is 5.76 Å². The first-order chi connectivity index (χ1) is 9.45. The summed E-state index contributed by atoms with van der Waals surface area (Å²) in [6, 6.07) is 7.55. The lowest BCUT2D eigenvalue weighted by atomic mass is 10.2. The SMILES string of the molecule is O=C(C=Cc1ccco1)Nc1ccc(C(F)(F)F)cc1. The summed E-state index contributed by atoms with van der Waals surface area (Å²) in [7, 11) is 0. The van der Waals surface area contributed by atoms with Crippen LogP contribution in [0.15, 0.2) is 53.2 Å². The third kappa shape index (κ3) is 3.74. The Labute approximate surface area is 112 Å². The number of hydrogen-bond acceptors (Lipinski definition) is 2. The number of carbonyl (C=O) groups is 1. The lowest BCUT2D eigenvalue weighted by molar-refractivity contribution is -0.137. The van der Waals surface area contributed by atoms with Crippen LogP contribution in [0.2, 0.25) is 0 Å². The first-order valence-corrected chi connectivity index (χ1v) is 5.65. The molecule has 1 amide bonds. The molecule has 0 aliphatic rings. The van der Waals surface area contributed by atoms with Gasteiger partial charge in [0.1, 0.15) is 5.76 Å². The number of hydrogen-bond donors (Lipinski definition) is 1. The second-order valence-corrected chi connectivity index (χ2v) is 3.91. The van der Waals surface area contributed by atoms with Gasteiger partial charge in [0.2, 0.25) is 5.91 Å². The van der Waals surface area contributed by atoms with E-state index in [1.165, 1.54) is 30.5 Å². The van der Waals surface area contributed by atoms with Gasteiger partial charge in [0.05, 0.1) is 11.8 Å². The number of carbonyl (C=O) groups excluding carboxylic acids is 1. The molecule has 0 saturated heterocycles. The van der Waals surface area contributed by atoms with Crippen LogP contribution in [0.25, 0.3) is 6.08 Å². The minimum atomic E-state index is -4.39. The standard InChI is InChI=1S/C14H10F3NO2/c15-14(16,17)10-3-5-11(6-4-10)18-13(19)8-7-12-2-1-9-20-12/h1-9H,(H,18,19). The van der Waals surface area contributed by atoms with E-state index < -0.39 is 17.6 Å². The molecule has 1 aromatic carbocycles. The minimum Gasteiger partial charge on any atom is -0.465 e. The van der Waals surface area contributed by atoms with Crippen molar-refractivity contribution in [2.75, 3.05) is 5.32 Å². The number of anilines is 1. The Morgan fingerprint density at radius 1 is 1.15 bits per heavy atom. The van der Waals surface area contributed by atoms with Crippen LogP contribution in [0.5, 0.6) is 0 Å². The molecule has 2 rings (SSSR count). The lowest BCUT2D eigenvalue weighted by Crippen LogP contribution is -2.09. The molecular formula is C14H10F3NO2. The van der Waals surface area contributed by atoms with Crippen LogP contribution < -0.4 is 5.32 Å². The highest BCUT2D eigenvalue weighted by Gasteiger charge is 2.29. The fraction of sp³-hybridized carbons (Fsp3) is 0.0714. The van der Waals surface area contributed by atoms with Crippen molar-refractivity contribution in [3.05, 3.63) is 60.1 Å². The van der Waals surface area contributed by atoms with Crippen molar-refractivity contribution in [1.82, 2.24) is 0 Å². The Balaban J connectivity index is 1.98. The van der Waals surface area contributed by atoms with E-state index >= 15 is 0 Å². The molecule has 1 heterocycles. The molecule has 0 aliphatic heterocycles. The number of alkyl halides is 3. The number of rotatable bonds is 3. The maximum Gasteiger partial charge on any atom is 0.416 e. The van der Waals surface area contributed by atoms with Gasteiger partial charge in [-0.05, 0) is 42.5 Å². The Kier molecular flexibility index (Phi) is 3.93. The zero-order valence-electron chi connectivity index (χ0n) is 10.1. The topological polar surface area (TPSA) is 42.2 Å². The van der Waals surface area contributed by atoms with Crippen LogP contribution in [-0.2, 0) is 11.0 Å². The molecule has 0 atom stereocenters. The zero-order chi connectivity index (χ0) is 14.6. The van der Waals surface area contributed by atoms with Gasteiger partial charge in [0.15, 0.2) is 0 Å². The predicted molar refractivity (Wildman–Crippen MR) is 67.8 cm³/mol. The maximum absolute atomic E-state index is 12.4. The molecule has 0 bridgehead atoms. The molecular weight excluding hydrogens is 271 g/mol. The Bertz CT molecular complexity index is 598. The number of benzene rings is 1. The average molecular weight is 281 g/mol. The highest BCUT2D eigenvalue weighted by atomic mass is 19.4. The van der Waals surface area contributed by atoms with Crippen LogP contribution in [0, 0.1) is 0 Å². The number of furan rings is 1. The fourth-order valence-corrected chi connectivity index (χ4v) is 1.47. The van der Waals surface area contributed by atoms with Gasteiger partial charge in [-0.2, -0.15) is 13.2 Å². The van der Waals surface area contributed by atoms with E-state index in [9.17, 15) is 18.0 Å². The second kappa shape index (κ2) is 5.64. The summed E-state index contributed by atoms with van der Waals surface area (Å²) in [6.07, 6.45) is -0.231. The molecule has 6 heteroatoms. The third-order valence-corrected chi connectivity index (χ3v) is 2.42. The Hall–Kier alpha value is -2.50. The smallest absolute Gasteiger partial charge is 0.416 e. The highest BCUT2D eigenvalue weighted by molar-refractivity contribution is 6.01. The number of amides is 1. The summed E-state index contributed by atoms with van der Waals surface area (Å²) in [5.41, 5.74) is -0.478. The minimum absolute atomic E-state index is 0.284. The molecule has 2 aromatic rings. The first-order valence-electron chi connectivity index (χ1n) is 5.65. The van der Waals surface area contributed by atoms with Gasteiger partial charge < -0.3 is 9.73 Å². The van der Waals surface area contributed by atoms with Crippen molar-refractivity contribution in [3.8, 4) is 0 Å². The van der Waals surface area contributed by atoms with Crippen LogP contribution in [0.4, 0.5) is 18.9 Å². The molecule has 0 unspecified atom stereocenters. The summed E-state index contributed by atoms with van der Waals surface area (Å²) >= 11 is 0. The van der Waals surface area contributed by atoms with Gasteiger partial charge in [-0.25, -0.2) is 0 Å². The summed E-state index contributed by atoms with van der Waals surface area (Å²) in [4.78, 5) is 11.5. The van der Waals surface area contributed by atoms with Crippen LogP contribution in [-0.4, -0.2) is 5.91 Å². The van der Waals surface area contributed by atoms with Crippen LogP contribution >= 0.6 is 0 Å². The van der Waals surface area contributed by atoms with Gasteiger partial charge in [-0.3, -0.25) is 4.79 Å². The van der Waals surface area contributed by atoms with Crippen molar-refractivity contribution >= 4 is 17.7 Å². The van der Waals surface area contributed by atoms with E-state index in [1.807, 2.05) is 0 Å². The van der Waals surface area contributed by atoms with E-state index in [4.69, 9.17) is 4.42 Å².